The molecule has 10 nitrogen and oxygen atoms in total. The van der Waals surface area contributed by atoms with Crippen molar-refractivity contribution in [1.29, 1.82) is 0 Å². The molecular formula is C19H24N6O4. The van der Waals surface area contributed by atoms with Gasteiger partial charge in [-0.15, -0.1) is 0 Å². The van der Waals surface area contributed by atoms with Crippen molar-refractivity contribution in [3.05, 3.63) is 42.7 Å². The second-order valence-corrected chi connectivity index (χ2v) is 6.29. The summed E-state index contributed by atoms with van der Waals surface area (Å²) in [5.41, 5.74) is 2.10. The third-order valence-electron chi connectivity index (χ3n) is 3.79. The van der Waals surface area contributed by atoms with Gasteiger partial charge < -0.3 is 20.8 Å². The van der Waals surface area contributed by atoms with E-state index in [-0.39, 0.29) is 6.04 Å². The van der Waals surface area contributed by atoms with Crippen LogP contribution in [0.5, 0.6) is 0 Å². The summed E-state index contributed by atoms with van der Waals surface area (Å²) in [5, 5.41) is 26.6. The van der Waals surface area contributed by atoms with Crippen LogP contribution in [0.3, 0.4) is 0 Å². The minimum atomic E-state index is -1.26. The molecule has 29 heavy (non-hydrogen) atoms. The maximum absolute atomic E-state index is 9.55. The van der Waals surface area contributed by atoms with Crippen LogP contribution in [0, 0.1) is 0 Å². The Balaban J connectivity index is 0.000000321. The molecule has 1 aromatic heterocycles. The number of carboxylic acids is 2. The highest BCUT2D eigenvalue weighted by Gasteiger charge is 2.14. The van der Waals surface area contributed by atoms with E-state index < -0.39 is 11.9 Å². The molecule has 1 aliphatic heterocycles. The van der Waals surface area contributed by atoms with E-state index in [4.69, 9.17) is 10.2 Å². The highest BCUT2D eigenvalue weighted by molar-refractivity contribution is 5.89. The van der Waals surface area contributed by atoms with Crippen LogP contribution in [-0.4, -0.2) is 62.4 Å². The number of aliphatic imine (C=N–C) groups is 1. The highest BCUT2D eigenvalue weighted by atomic mass is 16.4. The molecule has 154 valence electrons. The molecule has 3 rings (SSSR count). The number of anilines is 1. The largest absolute Gasteiger partial charge is 0.478 e. The lowest BCUT2D eigenvalue weighted by Gasteiger charge is -2.14. The van der Waals surface area contributed by atoms with Crippen LogP contribution in [0.1, 0.15) is 19.9 Å². The van der Waals surface area contributed by atoms with E-state index in [1.807, 2.05) is 16.8 Å². The molecule has 0 fully saturated rings. The number of hydrogen-bond donors (Lipinski definition) is 4. The Morgan fingerprint density at radius 2 is 1.93 bits per heavy atom. The lowest BCUT2D eigenvalue weighted by atomic mass is 10.1. The summed E-state index contributed by atoms with van der Waals surface area (Å²) in [5.74, 6) is -0.621. The molecule has 2 heterocycles. The Hall–Kier alpha value is -3.69. The number of rotatable bonds is 7. The Bertz CT molecular complexity index is 888. The van der Waals surface area contributed by atoms with Gasteiger partial charge in [0.2, 0.25) is 0 Å². The number of nitrogens with one attached hydrogen (secondary N) is 2. The summed E-state index contributed by atoms with van der Waals surface area (Å²) in [6.45, 7) is 6.70. The van der Waals surface area contributed by atoms with Gasteiger partial charge in [0.1, 0.15) is 12.2 Å². The number of carboxylic acid groups (broad SMARTS) is 2. The normalized spacial score (nSPS) is 12.9. The molecule has 0 saturated carbocycles. The Labute approximate surface area is 168 Å². The minimum Gasteiger partial charge on any atom is -0.478 e. The zero-order valence-electron chi connectivity index (χ0n) is 16.2. The summed E-state index contributed by atoms with van der Waals surface area (Å²) in [6.07, 6.45) is 2.72. The predicted octanol–water partition coefficient (Wildman–Crippen LogP) is 1.65. The zero-order chi connectivity index (χ0) is 21.2. The Morgan fingerprint density at radius 3 is 2.52 bits per heavy atom. The second kappa shape index (κ2) is 10.6. The summed E-state index contributed by atoms with van der Waals surface area (Å²) < 4.78 is 1.94. The van der Waals surface area contributed by atoms with Gasteiger partial charge in [0.15, 0.2) is 5.82 Å². The molecule has 1 aromatic carbocycles. The van der Waals surface area contributed by atoms with Crippen molar-refractivity contribution in [2.45, 2.75) is 19.9 Å². The number of carbonyl (C=O) groups is 2. The van der Waals surface area contributed by atoms with Crippen molar-refractivity contribution in [3.8, 4) is 11.4 Å². The van der Waals surface area contributed by atoms with E-state index in [0.717, 1.165) is 36.0 Å². The number of aliphatic carboxylic acids is 2. The third-order valence-corrected chi connectivity index (χ3v) is 3.79. The lowest BCUT2D eigenvalue weighted by Crippen LogP contribution is -2.26. The molecular weight excluding hydrogens is 376 g/mol. The molecule has 4 N–H and O–H groups in total. The molecule has 0 spiro atoms. The molecule has 0 unspecified atom stereocenters. The first-order valence-corrected chi connectivity index (χ1v) is 9.02. The van der Waals surface area contributed by atoms with Gasteiger partial charge in [-0.3, -0.25) is 4.99 Å². The summed E-state index contributed by atoms with van der Waals surface area (Å²) in [4.78, 5) is 27.9. The maximum atomic E-state index is 9.55. The summed E-state index contributed by atoms with van der Waals surface area (Å²) in [6, 6.07) is 8.44. The smallest absolute Gasteiger partial charge is 0.328 e. The number of amidine groups is 1. The summed E-state index contributed by atoms with van der Waals surface area (Å²) >= 11 is 0. The average molecular weight is 400 g/mol. The van der Waals surface area contributed by atoms with Crippen LogP contribution in [0.2, 0.25) is 0 Å². The van der Waals surface area contributed by atoms with Gasteiger partial charge in [0, 0.05) is 36.0 Å². The quantitative estimate of drug-likeness (QED) is 0.514. The van der Waals surface area contributed by atoms with E-state index in [9.17, 15) is 9.59 Å². The zero-order valence-corrected chi connectivity index (χ0v) is 16.2. The fourth-order valence-corrected chi connectivity index (χ4v) is 2.54. The molecule has 1 aliphatic rings. The van der Waals surface area contributed by atoms with Crippen LogP contribution in [0.25, 0.3) is 11.4 Å². The SMILES string of the molecule is CC(C)n1ncnc1-c1ccccc1NCC1=NCCN1.O=C(O)/C=C/C(=O)O. The van der Waals surface area contributed by atoms with Gasteiger partial charge in [0.25, 0.3) is 0 Å². The van der Waals surface area contributed by atoms with Gasteiger partial charge in [-0.2, -0.15) is 5.10 Å². The van der Waals surface area contributed by atoms with Gasteiger partial charge in [0.05, 0.1) is 13.1 Å². The van der Waals surface area contributed by atoms with Gasteiger partial charge >= 0.3 is 11.9 Å². The summed E-state index contributed by atoms with van der Waals surface area (Å²) in [7, 11) is 0. The fraction of sp³-hybridized carbons (Fsp3) is 0.316. The number of nitrogens with zero attached hydrogens (tertiary/aromatic N) is 4. The Kier molecular flexibility index (Phi) is 7.89. The van der Waals surface area contributed by atoms with Crippen molar-refractivity contribution in [2.75, 3.05) is 25.0 Å². The van der Waals surface area contributed by atoms with Crippen LogP contribution in [0.4, 0.5) is 5.69 Å². The Morgan fingerprint density at radius 1 is 1.24 bits per heavy atom. The van der Waals surface area contributed by atoms with Crippen molar-refractivity contribution < 1.29 is 19.8 Å². The van der Waals surface area contributed by atoms with Gasteiger partial charge in [-0.25, -0.2) is 19.3 Å². The molecule has 0 aliphatic carbocycles. The molecule has 0 atom stereocenters. The number of hydrogen-bond acceptors (Lipinski definition) is 7. The van der Waals surface area contributed by atoms with E-state index in [2.05, 4.69) is 51.7 Å². The fourth-order valence-electron chi connectivity index (χ4n) is 2.54. The van der Waals surface area contributed by atoms with E-state index in [0.29, 0.717) is 18.7 Å². The third kappa shape index (κ3) is 6.76. The molecule has 10 heteroatoms. The first kappa shape index (κ1) is 21.6. The minimum absolute atomic E-state index is 0.274. The van der Waals surface area contributed by atoms with Crippen LogP contribution in [-0.2, 0) is 9.59 Å². The van der Waals surface area contributed by atoms with Crippen molar-refractivity contribution >= 4 is 23.5 Å². The second-order valence-electron chi connectivity index (χ2n) is 6.29. The van der Waals surface area contributed by atoms with Crippen LogP contribution < -0.4 is 10.6 Å². The molecule has 0 radical (unpaired) electrons. The molecule has 2 aromatic rings. The van der Waals surface area contributed by atoms with Crippen LogP contribution in [0.15, 0.2) is 47.7 Å². The average Bonchev–Trinajstić information content (AvgIpc) is 3.37. The number of para-hydroxylation sites is 1. The van der Waals surface area contributed by atoms with E-state index in [1.165, 1.54) is 0 Å². The lowest BCUT2D eigenvalue weighted by molar-refractivity contribution is -0.134. The van der Waals surface area contributed by atoms with Crippen molar-refractivity contribution in [3.63, 3.8) is 0 Å². The maximum Gasteiger partial charge on any atom is 0.328 e. The van der Waals surface area contributed by atoms with Crippen LogP contribution >= 0.6 is 0 Å². The topological polar surface area (TPSA) is 142 Å². The van der Waals surface area contributed by atoms with E-state index >= 15 is 0 Å². The standard InChI is InChI=1S/C15H20N6.C4H4O4/c1-11(2)21-15(19-10-20-21)12-5-3-4-6-13(12)18-9-14-16-7-8-17-14;5-3(6)1-2-4(7)8/h3-6,10-11,18H,7-9H2,1-2H3,(H,16,17);1-2H,(H,5,6)(H,7,8)/b;2-1+. The van der Waals surface area contributed by atoms with Crippen molar-refractivity contribution in [2.24, 2.45) is 4.99 Å². The monoisotopic (exact) mass is 400 g/mol. The van der Waals surface area contributed by atoms with Gasteiger partial charge in [-0.1, -0.05) is 12.1 Å². The molecule has 0 bridgehead atoms. The predicted molar refractivity (Wildman–Crippen MR) is 109 cm³/mol. The van der Waals surface area contributed by atoms with Gasteiger partial charge in [-0.05, 0) is 26.0 Å². The number of aromatic nitrogens is 3. The molecule has 0 saturated heterocycles. The highest BCUT2D eigenvalue weighted by Crippen LogP contribution is 2.27. The van der Waals surface area contributed by atoms with E-state index in [1.54, 1.807) is 6.33 Å². The first-order chi connectivity index (χ1) is 13.9. The number of benzene rings is 1. The van der Waals surface area contributed by atoms with Crippen molar-refractivity contribution in [1.82, 2.24) is 20.1 Å². The molecule has 0 amide bonds. The first-order valence-electron chi connectivity index (χ1n) is 9.02.